The second kappa shape index (κ2) is 8.76. The van der Waals surface area contributed by atoms with Crippen LogP contribution in [-0.4, -0.2) is 11.1 Å². The van der Waals surface area contributed by atoms with E-state index in [2.05, 4.69) is 29.6 Å². The van der Waals surface area contributed by atoms with E-state index in [9.17, 15) is 4.79 Å². The minimum atomic E-state index is -0.820. The summed E-state index contributed by atoms with van der Waals surface area (Å²) in [6.07, 6.45) is 0.0355. The summed E-state index contributed by atoms with van der Waals surface area (Å²) in [5, 5.41) is 11.0. The van der Waals surface area contributed by atoms with Gasteiger partial charge in [-0.15, -0.1) is 11.3 Å². The van der Waals surface area contributed by atoms with E-state index in [4.69, 9.17) is 9.84 Å². The number of carbonyl (C=O) groups is 1. The van der Waals surface area contributed by atoms with E-state index >= 15 is 0 Å². The van der Waals surface area contributed by atoms with E-state index in [1.807, 2.05) is 60.7 Å². The molecular weight excluding hydrogens is 380 g/mol. The van der Waals surface area contributed by atoms with Crippen LogP contribution in [0.4, 0.5) is 0 Å². The molecule has 0 atom stereocenters. The summed E-state index contributed by atoms with van der Waals surface area (Å²) < 4.78 is 6.14. The standard InChI is InChI=1S/C25H20O3S/c26-24(27)16-18-10-12-20(13-11-18)25-22(14-15-29-25)21-8-4-5-9-23(21)28-17-19-6-2-1-3-7-19/h1-15H,16-17H2,(H,26,27). The van der Waals surface area contributed by atoms with E-state index in [1.54, 1.807) is 11.3 Å². The molecule has 0 unspecified atom stereocenters. The predicted octanol–water partition coefficient (Wildman–Crippen LogP) is 6.29. The fourth-order valence-corrected chi connectivity index (χ4v) is 4.16. The van der Waals surface area contributed by atoms with Crippen LogP contribution in [0.2, 0.25) is 0 Å². The van der Waals surface area contributed by atoms with Gasteiger partial charge in [-0.1, -0.05) is 72.8 Å². The van der Waals surface area contributed by atoms with Gasteiger partial charge in [0.1, 0.15) is 12.4 Å². The van der Waals surface area contributed by atoms with Crippen molar-refractivity contribution in [3.8, 4) is 27.3 Å². The van der Waals surface area contributed by atoms with Crippen LogP contribution < -0.4 is 4.74 Å². The van der Waals surface area contributed by atoms with Gasteiger partial charge < -0.3 is 9.84 Å². The molecule has 0 saturated carbocycles. The zero-order valence-corrected chi connectivity index (χ0v) is 16.6. The van der Waals surface area contributed by atoms with E-state index in [0.29, 0.717) is 6.61 Å². The van der Waals surface area contributed by atoms with Crippen molar-refractivity contribution in [3.63, 3.8) is 0 Å². The summed E-state index contributed by atoms with van der Waals surface area (Å²) in [7, 11) is 0. The summed E-state index contributed by atoms with van der Waals surface area (Å²) >= 11 is 1.67. The zero-order chi connectivity index (χ0) is 20.1. The van der Waals surface area contributed by atoms with Gasteiger partial charge in [0.2, 0.25) is 0 Å². The molecule has 0 fully saturated rings. The number of rotatable bonds is 7. The molecule has 0 amide bonds. The molecule has 0 aliphatic heterocycles. The molecule has 4 rings (SSSR count). The second-order valence-corrected chi connectivity index (χ2v) is 7.62. The van der Waals surface area contributed by atoms with Crippen molar-refractivity contribution < 1.29 is 14.6 Å². The van der Waals surface area contributed by atoms with Crippen LogP contribution >= 0.6 is 11.3 Å². The summed E-state index contributed by atoms with van der Waals surface area (Å²) in [4.78, 5) is 12.1. The van der Waals surface area contributed by atoms with Crippen LogP contribution in [0.1, 0.15) is 11.1 Å². The van der Waals surface area contributed by atoms with Gasteiger partial charge in [-0.05, 0) is 34.2 Å². The molecule has 29 heavy (non-hydrogen) atoms. The molecule has 0 spiro atoms. The Morgan fingerprint density at radius 1 is 0.793 bits per heavy atom. The number of para-hydroxylation sites is 1. The molecule has 4 heteroatoms. The first kappa shape index (κ1) is 19.0. The molecule has 1 N–H and O–H groups in total. The lowest BCUT2D eigenvalue weighted by Gasteiger charge is -2.13. The van der Waals surface area contributed by atoms with Crippen molar-refractivity contribution in [3.05, 3.63) is 101 Å². The minimum absolute atomic E-state index is 0.0355. The SMILES string of the molecule is O=C(O)Cc1ccc(-c2sccc2-c2ccccc2OCc2ccccc2)cc1. The molecule has 0 aliphatic carbocycles. The van der Waals surface area contributed by atoms with Gasteiger partial charge in [-0.3, -0.25) is 4.79 Å². The van der Waals surface area contributed by atoms with Crippen LogP contribution in [0.25, 0.3) is 21.6 Å². The smallest absolute Gasteiger partial charge is 0.307 e. The van der Waals surface area contributed by atoms with Gasteiger partial charge in [-0.2, -0.15) is 0 Å². The Bertz CT molecular complexity index is 1100. The van der Waals surface area contributed by atoms with E-state index in [1.165, 1.54) is 0 Å². The van der Waals surface area contributed by atoms with Crippen molar-refractivity contribution in [1.82, 2.24) is 0 Å². The Morgan fingerprint density at radius 3 is 2.28 bits per heavy atom. The summed E-state index contributed by atoms with van der Waals surface area (Å²) in [6, 6.07) is 28.0. The van der Waals surface area contributed by atoms with Crippen LogP contribution in [0.15, 0.2) is 90.3 Å². The summed E-state index contributed by atoms with van der Waals surface area (Å²) in [5.41, 5.74) is 5.16. The molecule has 0 radical (unpaired) electrons. The van der Waals surface area contributed by atoms with Crippen LogP contribution in [0.3, 0.4) is 0 Å². The molecule has 144 valence electrons. The highest BCUT2D eigenvalue weighted by Crippen LogP contribution is 2.41. The Balaban J connectivity index is 1.62. The predicted molar refractivity (Wildman–Crippen MR) is 117 cm³/mol. The van der Waals surface area contributed by atoms with Crippen molar-refractivity contribution in [2.75, 3.05) is 0 Å². The van der Waals surface area contributed by atoms with Crippen LogP contribution in [0.5, 0.6) is 5.75 Å². The topological polar surface area (TPSA) is 46.5 Å². The Morgan fingerprint density at radius 2 is 1.52 bits per heavy atom. The average molecular weight is 400 g/mol. The number of carboxylic acids is 1. The van der Waals surface area contributed by atoms with Crippen molar-refractivity contribution in [1.29, 1.82) is 0 Å². The second-order valence-electron chi connectivity index (χ2n) is 6.70. The molecule has 3 aromatic carbocycles. The summed E-state index contributed by atoms with van der Waals surface area (Å²) in [5.74, 6) is 0.0255. The lowest BCUT2D eigenvalue weighted by atomic mass is 10.0. The maximum atomic E-state index is 10.9. The normalized spacial score (nSPS) is 10.6. The first-order valence-electron chi connectivity index (χ1n) is 9.35. The quantitative estimate of drug-likeness (QED) is 0.397. The number of aliphatic carboxylic acids is 1. The molecule has 0 aliphatic rings. The average Bonchev–Trinajstić information content (AvgIpc) is 3.23. The fourth-order valence-electron chi connectivity index (χ4n) is 3.24. The first-order chi connectivity index (χ1) is 14.2. The number of hydrogen-bond donors (Lipinski definition) is 1. The highest BCUT2D eigenvalue weighted by Gasteiger charge is 2.14. The highest BCUT2D eigenvalue weighted by molar-refractivity contribution is 7.14. The van der Waals surface area contributed by atoms with Gasteiger partial charge in [0, 0.05) is 16.0 Å². The number of ether oxygens (including phenoxy) is 1. The number of thiophene rings is 1. The van der Waals surface area contributed by atoms with Gasteiger partial charge in [0.15, 0.2) is 0 Å². The highest BCUT2D eigenvalue weighted by atomic mass is 32.1. The third-order valence-corrected chi connectivity index (χ3v) is 5.61. The van der Waals surface area contributed by atoms with Gasteiger partial charge in [-0.25, -0.2) is 0 Å². The third-order valence-electron chi connectivity index (χ3n) is 4.65. The molecular formula is C25H20O3S. The van der Waals surface area contributed by atoms with E-state index < -0.39 is 5.97 Å². The number of hydrogen-bond acceptors (Lipinski definition) is 3. The molecule has 4 aromatic rings. The molecule has 0 saturated heterocycles. The van der Waals surface area contributed by atoms with Gasteiger partial charge in [0.25, 0.3) is 0 Å². The Hall–Kier alpha value is -3.37. The van der Waals surface area contributed by atoms with Gasteiger partial charge >= 0.3 is 5.97 Å². The molecule has 1 aromatic heterocycles. The maximum Gasteiger partial charge on any atom is 0.307 e. The van der Waals surface area contributed by atoms with Gasteiger partial charge in [0.05, 0.1) is 6.42 Å². The Labute approximate surface area is 173 Å². The monoisotopic (exact) mass is 400 g/mol. The van der Waals surface area contributed by atoms with E-state index in [0.717, 1.165) is 38.4 Å². The first-order valence-corrected chi connectivity index (χ1v) is 10.2. The van der Waals surface area contributed by atoms with Crippen LogP contribution in [0, 0.1) is 0 Å². The lowest BCUT2D eigenvalue weighted by molar-refractivity contribution is -0.136. The molecule has 1 heterocycles. The zero-order valence-electron chi connectivity index (χ0n) is 15.7. The lowest BCUT2D eigenvalue weighted by Crippen LogP contribution is -1.99. The minimum Gasteiger partial charge on any atom is -0.488 e. The third kappa shape index (κ3) is 4.55. The van der Waals surface area contributed by atoms with Crippen LogP contribution in [-0.2, 0) is 17.8 Å². The van der Waals surface area contributed by atoms with Crippen molar-refractivity contribution in [2.45, 2.75) is 13.0 Å². The maximum absolute atomic E-state index is 10.9. The Kier molecular flexibility index (Phi) is 5.73. The molecule has 3 nitrogen and oxygen atoms in total. The largest absolute Gasteiger partial charge is 0.488 e. The van der Waals surface area contributed by atoms with Crippen molar-refractivity contribution in [2.24, 2.45) is 0 Å². The fraction of sp³-hybridized carbons (Fsp3) is 0.0800. The number of benzene rings is 3. The van der Waals surface area contributed by atoms with Crippen molar-refractivity contribution >= 4 is 17.3 Å². The summed E-state index contributed by atoms with van der Waals surface area (Å²) in [6.45, 7) is 0.515. The van der Waals surface area contributed by atoms with E-state index in [-0.39, 0.29) is 6.42 Å². The molecule has 0 bridgehead atoms. The number of carboxylic acid groups (broad SMARTS) is 1.